The molecule has 11 nitrogen and oxygen atoms in total. The number of urea groups is 1. The number of likely N-dealkylation sites (N-methyl/N-ethyl adjacent to an activating group) is 1. The number of hydrogen-bond acceptors (Lipinski definition) is 9. The third-order valence-electron chi connectivity index (χ3n) is 5.84. The van der Waals surface area contributed by atoms with E-state index in [1.807, 2.05) is 34.2 Å². The fourth-order valence-corrected chi connectivity index (χ4v) is 4.43. The lowest BCUT2D eigenvalue weighted by molar-refractivity contribution is 0.0622. The number of nitrogens with zero attached hydrogens (tertiary/aromatic N) is 6. The second-order valence-electron chi connectivity index (χ2n) is 8.46. The van der Waals surface area contributed by atoms with Gasteiger partial charge >= 0.3 is 6.03 Å². The summed E-state index contributed by atoms with van der Waals surface area (Å²) in [4.78, 5) is 31.3. The van der Waals surface area contributed by atoms with Crippen molar-refractivity contribution < 1.29 is 9.53 Å². The molecule has 0 fully saturated rings. The van der Waals surface area contributed by atoms with E-state index >= 15 is 0 Å². The highest BCUT2D eigenvalue weighted by atomic mass is 32.1. The van der Waals surface area contributed by atoms with Crippen molar-refractivity contribution in [2.24, 2.45) is 0 Å². The minimum absolute atomic E-state index is 0.0511. The van der Waals surface area contributed by atoms with Gasteiger partial charge in [0.05, 0.1) is 23.6 Å². The molecule has 0 aliphatic carbocycles. The highest BCUT2D eigenvalue weighted by Gasteiger charge is 2.14. The average molecular weight is 510 g/mol. The molecular weight excluding hydrogens is 478 g/mol. The number of anilines is 2. The molecule has 0 saturated heterocycles. The molecule has 4 rings (SSSR count). The van der Waals surface area contributed by atoms with E-state index in [0.717, 1.165) is 48.5 Å². The van der Waals surface area contributed by atoms with Crippen LogP contribution >= 0.6 is 11.3 Å². The summed E-state index contributed by atoms with van der Waals surface area (Å²) < 4.78 is 7.65. The molecule has 1 unspecified atom stereocenters. The predicted octanol–water partition coefficient (Wildman–Crippen LogP) is 3.08. The number of aromatic nitrogens is 5. The Balaban J connectivity index is 1.14. The smallest absolute Gasteiger partial charge is 0.319 e. The Morgan fingerprint density at radius 2 is 2.06 bits per heavy atom. The van der Waals surface area contributed by atoms with Gasteiger partial charge in [0.15, 0.2) is 11.5 Å². The Morgan fingerprint density at radius 1 is 1.22 bits per heavy atom. The van der Waals surface area contributed by atoms with Gasteiger partial charge < -0.3 is 30.6 Å². The molecule has 2 amide bonds. The van der Waals surface area contributed by atoms with Crippen molar-refractivity contribution in [3.63, 3.8) is 0 Å². The molecule has 0 aliphatic rings. The minimum Gasteiger partial charge on any atom is -0.382 e. The fraction of sp³-hybridized carbons (Fsp3) is 0.375. The van der Waals surface area contributed by atoms with E-state index in [9.17, 15) is 4.79 Å². The molecule has 1 aromatic carbocycles. The topological polar surface area (TPSA) is 136 Å². The zero-order chi connectivity index (χ0) is 25.3. The summed E-state index contributed by atoms with van der Waals surface area (Å²) in [6, 6.07) is 7.43. The van der Waals surface area contributed by atoms with Crippen molar-refractivity contribution in [1.29, 1.82) is 0 Å². The van der Waals surface area contributed by atoms with Gasteiger partial charge in [0.25, 0.3) is 0 Å². The van der Waals surface area contributed by atoms with Gasteiger partial charge in [-0.05, 0) is 38.6 Å². The van der Waals surface area contributed by atoms with Crippen molar-refractivity contribution in [2.75, 3.05) is 44.8 Å². The van der Waals surface area contributed by atoms with Crippen LogP contribution in [0.5, 0.6) is 0 Å². The number of nitrogens with two attached hydrogens (primary N) is 1. The Morgan fingerprint density at radius 3 is 2.81 bits per heavy atom. The molecular formula is C24H31N9O2S. The molecule has 36 heavy (non-hydrogen) atoms. The summed E-state index contributed by atoms with van der Waals surface area (Å²) in [5, 5.41) is 7.77. The maximum absolute atomic E-state index is 12.2. The number of methoxy groups -OCH3 is 1. The molecule has 190 valence electrons. The van der Waals surface area contributed by atoms with Crippen molar-refractivity contribution >= 4 is 40.0 Å². The number of amides is 2. The molecule has 4 aromatic rings. The van der Waals surface area contributed by atoms with Gasteiger partial charge in [0.2, 0.25) is 0 Å². The first-order chi connectivity index (χ1) is 17.5. The van der Waals surface area contributed by atoms with Gasteiger partial charge in [-0.25, -0.2) is 24.7 Å². The number of nitrogen functional groups attached to an aromatic ring is 1. The van der Waals surface area contributed by atoms with Crippen LogP contribution in [0.25, 0.3) is 22.4 Å². The number of ether oxygens (including phenoxy) is 1. The number of thiazole rings is 1. The van der Waals surface area contributed by atoms with Gasteiger partial charge in [-0.1, -0.05) is 12.1 Å². The van der Waals surface area contributed by atoms with Crippen LogP contribution in [0.15, 0.2) is 47.8 Å². The molecule has 0 aliphatic heterocycles. The van der Waals surface area contributed by atoms with Crippen LogP contribution in [0.2, 0.25) is 0 Å². The standard InChI is InChI=1S/C24H31N9O2S/c1-32(12-19(35-2)8-11-33-15-29-21-22(25)27-14-28-23(21)33)10-3-9-26-24(34)31-18-6-4-17(5-7-18)20-13-36-16-30-20/h4-7,13-16,19H,3,8-12H2,1-2H3,(H2,25,27,28)(H2,26,31,34). The van der Waals surface area contributed by atoms with Crippen molar-refractivity contribution in [3.05, 3.63) is 47.8 Å². The lowest BCUT2D eigenvalue weighted by Gasteiger charge is -2.23. The highest BCUT2D eigenvalue weighted by Crippen LogP contribution is 2.21. The summed E-state index contributed by atoms with van der Waals surface area (Å²) in [5.74, 6) is 0.383. The number of aryl methyl sites for hydroxylation is 1. The number of fused-ring (bicyclic) bond motifs is 1. The molecule has 0 spiro atoms. The minimum atomic E-state index is -0.217. The average Bonchev–Trinajstić information content (AvgIpc) is 3.56. The van der Waals surface area contributed by atoms with E-state index in [4.69, 9.17) is 10.5 Å². The number of hydrogen-bond donors (Lipinski definition) is 3. The summed E-state index contributed by atoms with van der Waals surface area (Å²) in [6.07, 6.45) is 4.86. The molecule has 12 heteroatoms. The normalized spacial score (nSPS) is 12.2. The zero-order valence-corrected chi connectivity index (χ0v) is 21.2. The summed E-state index contributed by atoms with van der Waals surface area (Å²) in [5.41, 5.74) is 11.7. The maximum atomic E-state index is 12.2. The Hall–Kier alpha value is -3.61. The zero-order valence-electron chi connectivity index (χ0n) is 20.4. The molecule has 0 saturated carbocycles. The number of carbonyl (C=O) groups excluding carboxylic acids is 1. The van der Waals surface area contributed by atoms with Crippen LogP contribution < -0.4 is 16.4 Å². The van der Waals surface area contributed by atoms with Crippen LogP contribution in [0.3, 0.4) is 0 Å². The molecule has 0 bridgehead atoms. The van der Waals surface area contributed by atoms with Crippen LogP contribution in [0.4, 0.5) is 16.3 Å². The van der Waals surface area contributed by atoms with Gasteiger partial charge in [-0.3, -0.25) is 0 Å². The largest absolute Gasteiger partial charge is 0.382 e. The van der Waals surface area contributed by atoms with E-state index in [1.54, 1.807) is 30.3 Å². The van der Waals surface area contributed by atoms with Crippen LogP contribution in [0.1, 0.15) is 12.8 Å². The first-order valence-corrected chi connectivity index (χ1v) is 12.6. The van der Waals surface area contributed by atoms with E-state index in [1.165, 1.54) is 6.33 Å². The summed E-state index contributed by atoms with van der Waals surface area (Å²) in [7, 11) is 3.77. The fourth-order valence-electron chi connectivity index (χ4n) is 3.87. The number of carbonyl (C=O) groups is 1. The Labute approximate surface area is 213 Å². The first kappa shape index (κ1) is 25.5. The van der Waals surface area contributed by atoms with E-state index in [2.05, 4.69) is 42.5 Å². The van der Waals surface area contributed by atoms with E-state index < -0.39 is 0 Å². The molecule has 1 atom stereocenters. The van der Waals surface area contributed by atoms with Gasteiger partial charge in [-0.2, -0.15) is 0 Å². The van der Waals surface area contributed by atoms with Crippen LogP contribution in [-0.4, -0.2) is 75.3 Å². The van der Waals surface area contributed by atoms with Gasteiger partial charge in [0.1, 0.15) is 11.8 Å². The SMILES string of the molecule is COC(CCn1cnc2c(N)ncnc21)CN(C)CCCNC(=O)Nc1ccc(-c2cscn2)cc1. The Kier molecular flexibility index (Phi) is 8.76. The molecule has 0 radical (unpaired) electrons. The number of benzene rings is 1. The predicted molar refractivity (Wildman–Crippen MR) is 142 cm³/mol. The molecule has 3 heterocycles. The molecule has 3 aromatic heterocycles. The monoisotopic (exact) mass is 509 g/mol. The molecule has 4 N–H and O–H groups in total. The number of nitrogens with one attached hydrogen (secondary N) is 2. The summed E-state index contributed by atoms with van der Waals surface area (Å²) >= 11 is 1.56. The lowest BCUT2D eigenvalue weighted by Crippen LogP contribution is -2.35. The summed E-state index contributed by atoms with van der Waals surface area (Å²) in [6.45, 7) is 2.90. The second-order valence-corrected chi connectivity index (χ2v) is 9.18. The van der Waals surface area contributed by atoms with Crippen molar-refractivity contribution in [2.45, 2.75) is 25.5 Å². The van der Waals surface area contributed by atoms with Crippen LogP contribution in [0, 0.1) is 0 Å². The van der Waals surface area contributed by atoms with Gasteiger partial charge in [-0.15, -0.1) is 11.3 Å². The Bertz CT molecular complexity index is 1240. The van der Waals surface area contributed by atoms with Gasteiger partial charge in [0, 0.05) is 43.4 Å². The van der Waals surface area contributed by atoms with E-state index in [-0.39, 0.29) is 12.1 Å². The van der Waals surface area contributed by atoms with Crippen molar-refractivity contribution in [1.82, 2.24) is 34.7 Å². The quantitative estimate of drug-likeness (QED) is 0.248. The number of imidazole rings is 1. The third-order valence-corrected chi connectivity index (χ3v) is 6.43. The first-order valence-electron chi connectivity index (χ1n) is 11.7. The van der Waals surface area contributed by atoms with Crippen LogP contribution in [-0.2, 0) is 11.3 Å². The van der Waals surface area contributed by atoms with Crippen molar-refractivity contribution in [3.8, 4) is 11.3 Å². The van der Waals surface area contributed by atoms with E-state index in [0.29, 0.717) is 24.4 Å². The maximum Gasteiger partial charge on any atom is 0.319 e. The number of rotatable bonds is 12. The second kappa shape index (κ2) is 12.4. The lowest BCUT2D eigenvalue weighted by atomic mass is 10.1. The third kappa shape index (κ3) is 6.74. The highest BCUT2D eigenvalue weighted by molar-refractivity contribution is 7.07.